The molecule has 1 aliphatic rings. The fourth-order valence-corrected chi connectivity index (χ4v) is 3.55. The monoisotopic (exact) mass is 258 g/mol. The molecule has 0 radical (unpaired) electrons. The van der Waals surface area contributed by atoms with Crippen molar-refractivity contribution in [2.24, 2.45) is 5.73 Å². The second kappa shape index (κ2) is 4.78. The Kier molecular flexibility index (Phi) is 3.53. The first-order chi connectivity index (χ1) is 7.96. The first kappa shape index (κ1) is 12.6. The SMILES string of the molecule is CC(N)Cc1cnc(C2CCS(=O)(=O)CC2)o1. The highest BCUT2D eigenvalue weighted by Gasteiger charge is 2.27. The summed E-state index contributed by atoms with van der Waals surface area (Å²) in [6.07, 6.45) is 3.58. The predicted molar refractivity (Wildman–Crippen MR) is 64.5 cm³/mol. The van der Waals surface area contributed by atoms with E-state index in [-0.39, 0.29) is 23.5 Å². The van der Waals surface area contributed by atoms with Gasteiger partial charge >= 0.3 is 0 Å². The van der Waals surface area contributed by atoms with Crippen molar-refractivity contribution in [3.8, 4) is 0 Å². The summed E-state index contributed by atoms with van der Waals surface area (Å²) in [6.45, 7) is 1.91. The Morgan fingerprint density at radius 2 is 2.18 bits per heavy atom. The first-order valence-corrected chi connectivity index (χ1v) is 7.69. The summed E-state index contributed by atoms with van der Waals surface area (Å²) in [4.78, 5) is 4.22. The topological polar surface area (TPSA) is 86.2 Å². The third-order valence-corrected chi connectivity index (χ3v) is 4.71. The van der Waals surface area contributed by atoms with Gasteiger partial charge in [-0.15, -0.1) is 0 Å². The molecule has 1 saturated heterocycles. The summed E-state index contributed by atoms with van der Waals surface area (Å²) >= 11 is 0. The number of hydrogen-bond donors (Lipinski definition) is 1. The van der Waals surface area contributed by atoms with Gasteiger partial charge in [0.2, 0.25) is 0 Å². The van der Waals surface area contributed by atoms with Crippen LogP contribution in [0.1, 0.15) is 37.3 Å². The van der Waals surface area contributed by atoms with Crippen molar-refractivity contribution in [2.45, 2.75) is 38.1 Å². The van der Waals surface area contributed by atoms with Gasteiger partial charge < -0.3 is 10.2 Å². The molecule has 1 aromatic rings. The van der Waals surface area contributed by atoms with Gasteiger partial charge in [0.15, 0.2) is 5.89 Å². The molecule has 2 rings (SSSR count). The fraction of sp³-hybridized carbons (Fsp3) is 0.727. The third-order valence-electron chi connectivity index (χ3n) is 3.00. The maximum Gasteiger partial charge on any atom is 0.197 e. The van der Waals surface area contributed by atoms with E-state index in [2.05, 4.69) is 4.98 Å². The molecule has 0 spiro atoms. The highest BCUT2D eigenvalue weighted by molar-refractivity contribution is 7.91. The van der Waals surface area contributed by atoms with E-state index in [4.69, 9.17) is 10.2 Å². The largest absolute Gasteiger partial charge is 0.445 e. The Hall–Kier alpha value is -0.880. The minimum atomic E-state index is -2.83. The summed E-state index contributed by atoms with van der Waals surface area (Å²) in [5.74, 6) is 2.06. The molecular weight excluding hydrogens is 240 g/mol. The van der Waals surface area contributed by atoms with Gasteiger partial charge in [0, 0.05) is 18.4 Å². The average Bonchev–Trinajstić information content (AvgIpc) is 2.65. The second-order valence-corrected chi connectivity index (χ2v) is 7.08. The molecule has 0 aliphatic carbocycles. The molecule has 0 saturated carbocycles. The van der Waals surface area contributed by atoms with E-state index in [9.17, 15) is 8.42 Å². The van der Waals surface area contributed by atoms with Crippen molar-refractivity contribution in [3.05, 3.63) is 17.8 Å². The highest BCUT2D eigenvalue weighted by Crippen LogP contribution is 2.28. The van der Waals surface area contributed by atoms with Crippen molar-refractivity contribution in [3.63, 3.8) is 0 Å². The lowest BCUT2D eigenvalue weighted by molar-refractivity contribution is 0.395. The van der Waals surface area contributed by atoms with Gasteiger partial charge in [-0.25, -0.2) is 13.4 Å². The molecular formula is C11H18N2O3S. The van der Waals surface area contributed by atoms with Gasteiger partial charge in [-0.05, 0) is 19.8 Å². The maximum atomic E-state index is 11.3. The van der Waals surface area contributed by atoms with E-state index >= 15 is 0 Å². The summed E-state index contributed by atoms with van der Waals surface area (Å²) in [7, 11) is -2.83. The number of hydrogen-bond acceptors (Lipinski definition) is 5. The van der Waals surface area contributed by atoms with Crippen molar-refractivity contribution < 1.29 is 12.8 Å². The van der Waals surface area contributed by atoms with Crippen LogP contribution in [0.3, 0.4) is 0 Å². The smallest absolute Gasteiger partial charge is 0.197 e. The van der Waals surface area contributed by atoms with E-state index in [0.29, 0.717) is 25.2 Å². The molecule has 1 unspecified atom stereocenters. The molecule has 1 aliphatic heterocycles. The van der Waals surface area contributed by atoms with Crippen LogP contribution in [0.4, 0.5) is 0 Å². The molecule has 0 amide bonds. The van der Waals surface area contributed by atoms with Gasteiger partial charge in [0.25, 0.3) is 0 Å². The number of sulfone groups is 1. The van der Waals surface area contributed by atoms with Gasteiger partial charge in [-0.2, -0.15) is 0 Å². The van der Waals surface area contributed by atoms with Crippen molar-refractivity contribution in [2.75, 3.05) is 11.5 Å². The van der Waals surface area contributed by atoms with Crippen LogP contribution in [0.2, 0.25) is 0 Å². The van der Waals surface area contributed by atoms with Gasteiger partial charge in [-0.3, -0.25) is 0 Å². The van der Waals surface area contributed by atoms with E-state index in [1.165, 1.54) is 0 Å². The highest BCUT2D eigenvalue weighted by atomic mass is 32.2. The van der Waals surface area contributed by atoms with Gasteiger partial charge in [0.05, 0.1) is 17.7 Å². The van der Waals surface area contributed by atoms with Crippen molar-refractivity contribution in [1.82, 2.24) is 4.98 Å². The quantitative estimate of drug-likeness (QED) is 0.868. The Bertz CT molecular complexity index is 465. The van der Waals surface area contributed by atoms with Crippen LogP contribution in [0, 0.1) is 0 Å². The first-order valence-electron chi connectivity index (χ1n) is 5.87. The van der Waals surface area contributed by atoms with Crippen LogP contribution in [-0.4, -0.2) is 30.9 Å². The molecule has 2 heterocycles. The van der Waals surface area contributed by atoms with Crippen LogP contribution in [0.15, 0.2) is 10.6 Å². The molecule has 96 valence electrons. The zero-order chi connectivity index (χ0) is 12.5. The normalized spacial score (nSPS) is 22.5. The molecule has 2 N–H and O–H groups in total. The summed E-state index contributed by atoms with van der Waals surface area (Å²) in [5, 5.41) is 0. The Morgan fingerprint density at radius 3 is 2.76 bits per heavy atom. The number of nitrogens with zero attached hydrogens (tertiary/aromatic N) is 1. The summed E-state index contributed by atoms with van der Waals surface area (Å²) in [6, 6.07) is 0.0440. The molecule has 5 nitrogen and oxygen atoms in total. The number of rotatable bonds is 3. The number of oxazole rings is 1. The molecule has 1 atom stereocenters. The number of nitrogens with two attached hydrogens (primary N) is 1. The molecule has 17 heavy (non-hydrogen) atoms. The van der Waals surface area contributed by atoms with Gasteiger partial charge in [0.1, 0.15) is 15.6 Å². The Morgan fingerprint density at radius 1 is 1.53 bits per heavy atom. The van der Waals surface area contributed by atoms with Crippen LogP contribution < -0.4 is 5.73 Å². The third kappa shape index (κ3) is 3.29. The lowest BCUT2D eigenvalue weighted by atomic mass is 10.0. The standard InChI is InChI=1S/C11H18N2O3S/c1-8(12)6-10-7-13-11(16-10)9-2-4-17(14,15)5-3-9/h7-9H,2-6,12H2,1H3. The zero-order valence-corrected chi connectivity index (χ0v) is 10.7. The minimum absolute atomic E-state index is 0.0440. The van der Waals surface area contributed by atoms with Crippen molar-refractivity contribution in [1.29, 1.82) is 0 Å². The van der Waals surface area contributed by atoms with E-state index in [1.807, 2.05) is 6.92 Å². The molecule has 1 aromatic heterocycles. The molecule has 0 aromatic carbocycles. The zero-order valence-electron chi connectivity index (χ0n) is 9.93. The van der Waals surface area contributed by atoms with Gasteiger partial charge in [-0.1, -0.05) is 0 Å². The molecule has 1 fully saturated rings. The lowest BCUT2D eigenvalue weighted by Crippen LogP contribution is -2.22. The van der Waals surface area contributed by atoms with Crippen LogP contribution in [0.25, 0.3) is 0 Å². The second-order valence-electron chi connectivity index (χ2n) is 4.77. The molecule has 0 bridgehead atoms. The lowest BCUT2D eigenvalue weighted by Gasteiger charge is -2.18. The number of aromatic nitrogens is 1. The van der Waals surface area contributed by atoms with Crippen molar-refractivity contribution >= 4 is 9.84 Å². The Labute approximate surface area is 101 Å². The van der Waals surface area contributed by atoms with E-state index in [1.54, 1.807) is 6.20 Å². The average molecular weight is 258 g/mol. The fourth-order valence-electron chi connectivity index (χ4n) is 2.06. The van der Waals surface area contributed by atoms with E-state index < -0.39 is 9.84 Å². The summed E-state index contributed by atoms with van der Waals surface area (Å²) in [5.41, 5.74) is 5.68. The molecule has 6 heteroatoms. The van der Waals surface area contributed by atoms with Crippen LogP contribution in [0.5, 0.6) is 0 Å². The maximum absolute atomic E-state index is 11.3. The predicted octanol–water partition coefficient (Wildman–Crippen LogP) is 0.856. The summed E-state index contributed by atoms with van der Waals surface area (Å²) < 4.78 is 28.2. The minimum Gasteiger partial charge on any atom is -0.445 e. The Balaban J connectivity index is 2.01. The van der Waals surface area contributed by atoms with E-state index in [0.717, 1.165) is 5.76 Å². The van der Waals surface area contributed by atoms with Crippen LogP contribution in [-0.2, 0) is 16.3 Å². The van der Waals surface area contributed by atoms with Crippen LogP contribution >= 0.6 is 0 Å².